The zero-order valence-electron chi connectivity index (χ0n) is 5.58. The molecule has 0 atom stereocenters. The van der Waals surface area contributed by atoms with Crippen molar-refractivity contribution in [1.82, 2.24) is 0 Å². The lowest BCUT2D eigenvalue weighted by Gasteiger charge is -1.98. The predicted molar refractivity (Wildman–Crippen MR) is 46.0 cm³/mol. The SMILES string of the molecule is Cl.NCc1ccccc1N. The summed E-state index contributed by atoms with van der Waals surface area (Å²) in [6, 6.07) is 7.60. The van der Waals surface area contributed by atoms with Crippen LogP contribution in [0.1, 0.15) is 5.56 Å². The van der Waals surface area contributed by atoms with Crippen molar-refractivity contribution in [2.24, 2.45) is 5.73 Å². The van der Waals surface area contributed by atoms with E-state index >= 15 is 0 Å². The van der Waals surface area contributed by atoms with Gasteiger partial charge in [0, 0.05) is 12.2 Å². The lowest BCUT2D eigenvalue weighted by atomic mass is 10.2. The molecule has 1 aromatic rings. The van der Waals surface area contributed by atoms with Crippen LogP contribution in [0.25, 0.3) is 0 Å². The molecule has 0 bridgehead atoms. The van der Waals surface area contributed by atoms with Crippen molar-refractivity contribution in [3.8, 4) is 0 Å². The Hall–Kier alpha value is -0.730. The number of para-hydroxylation sites is 1. The van der Waals surface area contributed by atoms with Gasteiger partial charge in [-0.05, 0) is 11.6 Å². The highest BCUT2D eigenvalue weighted by Gasteiger charge is 1.90. The molecule has 0 saturated carbocycles. The van der Waals surface area contributed by atoms with Gasteiger partial charge >= 0.3 is 0 Å². The summed E-state index contributed by atoms with van der Waals surface area (Å²) < 4.78 is 0. The Morgan fingerprint density at radius 2 is 1.80 bits per heavy atom. The van der Waals surface area contributed by atoms with E-state index in [9.17, 15) is 0 Å². The van der Waals surface area contributed by atoms with E-state index in [1.165, 1.54) is 0 Å². The fraction of sp³-hybridized carbons (Fsp3) is 0.143. The van der Waals surface area contributed by atoms with Crippen molar-refractivity contribution in [3.63, 3.8) is 0 Å². The molecule has 10 heavy (non-hydrogen) atoms. The molecule has 1 rings (SSSR count). The molecule has 0 aliphatic heterocycles. The van der Waals surface area contributed by atoms with Crippen LogP contribution in [0.2, 0.25) is 0 Å². The summed E-state index contributed by atoms with van der Waals surface area (Å²) in [6.45, 7) is 0.521. The lowest BCUT2D eigenvalue weighted by molar-refractivity contribution is 1.08. The second-order valence-electron chi connectivity index (χ2n) is 1.90. The summed E-state index contributed by atoms with van der Waals surface area (Å²) in [5.74, 6) is 0. The molecule has 1 aromatic carbocycles. The summed E-state index contributed by atoms with van der Waals surface area (Å²) in [4.78, 5) is 0. The molecular weight excluding hydrogens is 148 g/mol. The van der Waals surface area contributed by atoms with Gasteiger partial charge in [0.25, 0.3) is 0 Å². The van der Waals surface area contributed by atoms with Crippen LogP contribution in [-0.4, -0.2) is 0 Å². The molecule has 0 fully saturated rings. The van der Waals surface area contributed by atoms with Gasteiger partial charge in [0.15, 0.2) is 0 Å². The largest absolute Gasteiger partial charge is 0.398 e. The first-order valence-electron chi connectivity index (χ1n) is 2.88. The minimum Gasteiger partial charge on any atom is -0.398 e. The van der Waals surface area contributed by atoms with E-state index in [1.807, 2.05) is 24.3 Å². The normalized spacial score (nSPS) is 8.50. The molecule has 0 radical (unpaired) electrons. The number of hydrogen-bond acceptors (Lipinski definition) is 2. The maximum absolute atomic E-state index is 5.55. The predicted octanol–water partition coefficient (Wildman–Crippen LogP) is 1.15. The van der Waals surface area contributed by atoms with Gasteiger partial charge in [-0.3, -0.25) is 0 Å². The van der Waals surface area contributed by atoms with Gasteiger partial charge in [0.1, 0.15) is 0 Å². The van der Waals surface area contributed by atoms with Crippen molar-refractivity contribution in [3.05, 3.63) is 29.8 Å². The smallest absolute Gasteiger partial charge is 0.0359 e. The van der Waals surface area contributed by atoms with E-state index in [4.69, 9.17) is 11.5 Å². The quantitative estimate of drug-likeness (QED) is 0.603. The van der Waals surface area contributed by atoms with Crippen LogP contribution in [0.5, 0.6) is 0 Å². The number of benzene rings is 1. The minimum absolute atomic E-state index is 0. The molecule has 0 heterocycles. The summed E-state index contributed by atoms with van der Waals surface area (Å²) >= 11 is 0. The van der Waals surface area contributed by atoms with Crippen LogP contribution < -0.4 is 11.5 Å². The Labute approximate surface area is 66.6 Å². The third kappa shape index (κ3) is 1.90. The van der Waals surface area contributed by atoms with E-state index in [0.717, 1.165) is 11.3 Å². The third-order valence-corrected chi connectivity index (χ3v) is 1.28. The number of nitrogens with two attached hydrogens (primary N) is 2. The Morgan fingerprint density at radius 3 is 2.20 bits per heavy atom. The van der Waals surface area contributed by atoms with Crippen LogP contribution in [0, 0.1) is 0 Å². The van der Waals surface area contributed by atoms with Crippen molar-refractivity contribution in [2.45, 2.75) is 6.54 Å². The lowest BCUT2D eigenvalue weighted by Crippen LogP contribution is -2.00. The number of rotatable bonds is 1. The average molecular weight is 159 g/mol. The molecule has 0 unspecified atom stereocenters. The van der Waals surface area contributed by atoms with E-state index in [0.29, 0.717) is 6.54 Å². The topological polar surface area (TPSA) is 52.0 Å². The minimum atomic E-state index is 0. The van der Waals surface area contributed by atoms with Crippen molar-refractivity contribution in [1.29, 1.82) is 0 Å². The standard InChI is InChI=1S/C7H10N2.ClH/c8-5-6-3-1-2-4-7(6)9;/h1-4H,5,8-9H2;1H. The molecule has 0 saturated heterocycles. The van der Waals surface area contributed by atoms with E-state index in [1.54, 1.807) is 0 Å². The highest BCUT2D eigenvalue weighted by molar-refractivity contribution is 5.85. The molecule has 0 amide bonds. The summed E-state index contributed by atoms with van der Waals surface area (Å²) in [6.07, 6.45) is 0. The first-order valence-corrected chi connectivity index (χ1v) is 2.88. The number of nitrogen functional groups attached to an aromatic ring is 1. The van der Waals surface area contributed by atoms with Gasteiger partial charge < -0.3 is 11.5 Å². The summed E-state index contributed by atoms with van der Waals surface area (Å²) in [5, 5.41) is 0. The first-order chi connectivity index (χ1) is 4.34. The van der Waals surface area contributed by atoms with E-state index in [2.05, 4.69) is 0 Å². The van der Waals surface area contributed by atoms with Crippen molar-refractivity contribution < 1.29 is 0 Å². The zero-order chi connectivity index (χ0) is 6.69. The maximum Gasteiger partial charge on any atom is 0.0359 e. The van der Waals surface area contributed by atoms with Gasteiger partial charge in [-0.1, -0.05) is 18.2 Å². The van der Waals surface area contributed by atoms with E-state index < -0.39 is 0 Å². The monoisotopic (exact) mass is 158 g/mol. The molecule has 56 valence electrons. The molecule has 4 N–H and O–H groups in total. The summed E-state index contributed by atoms with van der Waals surface area (Å²) in [5.41, 5.74) is 12.7. The van der Waals surface area contributed by atoms with Gasteiger partial charge in [-0.2, -0.15) is 0 Å². The first kappa shape index (κ1) is 9.27. The maximum atomic E-state index is 5.55. The number of anilines is 1. The van der Waals surface area contributed by atoms with Gasteiger partial charge in [0.05, 0.1) is 0 Å². The Balaban J connectivity index is 0.000000810. The Morgan fingerprint density at radius 1 is 1.20 bits per heavy atom. The second kappa shape index (κ2) is 4.14. The van der Waals surface area contributed by atoms with Crippen LogP contribution >= 0.6 is 12.4 Å². The number of halogens is 1. The average Bonchev–Trinajstić information content (AvgIpc) is 1.89. The third-order valence-electron chi connectivity index (χ3n) is 1.28. The number of hydrogen-bond donors (Lipinski definition) is 2. The summed E-state index contributed by atoms with van der Waals surface area (Å²) in [7, 11) is 0. The fourth-order valence-corrected chi connectivity index (χ4v) is 0.720. The molecular formula is C7H11ClN2. The zero-order valence-corrected chi connectivity index (χ0v) is 6.40. The highest BCUT2D eigenvalue weighted by Crippen LogP contribution is 2.07. The molecule has 3 heteroatoms. The second-order valence-corrected chi connectivity index (χ2v) is 1.90. The molecule has 0 aliphatic carbocycles. The van der Waals surface area contributed by atoms with Crippen molar-refractivity contribution >= 4 is 18.1 Å². The van der Waals surface area contributed by atoms with Crippen LogP contribution in [0.3, 0.4) is 0 Å². The molecule has 0 spiro atoms. The van der Waals surface area contributed by atoms with E-state index in [-0.39, 0.29) is 12.4 Å². The van der Waals surface area contributed by atoms with Crippen molar-refractivity contribution in [2.75, 3.05) is 5.73 Å². The van der Waals surface area contributed by atoms with Gasteiger partial charge in [-0.15, -0.1) is 12.4 Å². The van der Waals surface area contributed by atoms with Gasteiger partial charge in [0.2, 0.25) is 0 Å². The van der Waals surface area contributed by atoms with Crippen LogP contribution in [-0.2, 0) is 6.54 Å². The Kier molecular flexibility index (Phi) is 3.84. The molecule has 0 aromatic heterocycles. The molecule has 2 nitrogen and oxygen atoms in total. The fourth-order valence-electron chi connectivity index (χ4n) is 0.720. The van der Waals surface area contributed by atoms with Gasteiger partial charge in [-0.25, -0.2) is 0 Å². The Bertz CT molecular complexity index is 201. The van der Waals surface area contributed by atoms with Crippen LogP contribution in [0.4, 0.5) is 5.69 Å². The highest BCUT2D eigenvalue weighted by atomic mass is 35.5. The van der Waals surface area contributed by atoms with Crippen LogP contribution in [0.15, 0.2) is 24.3 Å². The molecule has 0 aliphatic rings.